The van der Waals surface area contributed by atoms with Crippen LogP contribution in [0.5, 0.6) is 0 Å². The van der Waals surface area contributed by atoms with Gasteiger partial charge in [0.2, 0.25) is 0 Å². The Labute approximate surface area is 174 Å². The second-order valence-corrected chi connectivity index (χ2v) is 7.26. The fourth-order valence-corrected chi connectivity index (χ4v) is 4.04. The van der Waals surface area contributed by atoms with Gasteiger partial charge in [0, 0.05) is 21.5 Å². The highest BCUT2D eigenvalue weighted by Gasteiger charge is 2.21. The first-order valence-corrected chi connectivity index (χ1v) is 9.29. The molecule has 7 heteroatoms. The van der Waals surface area contributed by atoms with E-state index in [4.69, 9.17) is 23.2 Å². The van der Waals surface area contributed by atoms with Gasteiger partial charge < -0.3 is 15.2 Å². The highest BCUT2D eigenvalue weighted by Crippen LogP contribution is 2.36. The number of rotatable bonds is 4. The van der Waals surface area contributed by atoms with E-state index in [2.05, 4.69) is 4.98 Å². The van der Waals surface area contributed by atoms with Crippen molar-refractivity contribution in [2.75, 3.05) is 0 Å². The van der Waals surface area contributed by atoms with E-state index in [0.717, 1.165) is 10.8 Å². The third-order valence-corrected chi connectivity index (χ3v) is 5.18. The molecular formula is C22H13Cl2NO4. The van der Waals surface area contributed by atoms with Crippen LogP contribution in [0.1, 0.15) is 21.6 Å². The predicted molar refractivity (Wildman–Crippen MR) is 115 cm³/mol. The summed E-state index contributed by atoms with van der Waals surface area (Å²) in [6, 6.07) is 15.7. The Morgan fingerprint density at radius 3 is 2.41 bits per heavy atom. The van der Waals surface area contributed by atoms with Crippen LogP contribution in [0.2, 0.25) is 10.0 Å². The van der Waals surface area contributed by atoms with Gasteiger partial charge in [-0.1, -0.05) is 65.7 Å². The van der Waals surface area contributed by atoms with Crippen molar-refractivity contribution in [3.8, 4) is 0 Å². The molecule has 4 aromatic rings. The van der Waals surface area contributed by atoms with Crippen molar-refractivity contribution in [3.05, 3.63) is 81.5 Å². The molecular weight excluding hydrogens is 413 g/mol. The van der Waals surface area contributed by atoms with Crippen molar-refractivity contribution in [1.29, 1.82) is 0 Å². The molecule has 0 aliphatic carbocycles. The molecule has 0 bridgehead atoms. The standard InChI is InChI=1S/C22H13Cl2NO4/c23-12-8-17(24)19-16(20(22(28)29)25-18(19)9-12)10-15(21(26)27)14-7-3-5-11-4-1-2-6-13(11)14/h1-10,25H,(H,26,27)(H,28,29)/b15-10+. The van der Waals surface area contributed by atoms with Gasteiger partial charge in [0.1, 0.15) is 5.69 Å². The summed E-state index contributed by atoms with van der Waals surface area (Å²) in [5.74, 6) is -2.42. The lowest BCUT2D eigenvalue weighted by molar-refractivity contribution is -0.130. The van der Waals surface area contributed by atoms with Crippen LogP contribution in [0.4, 0.5) is 0 Å². The number of H-pyrrole nitrogens is 1. The van der Waals surface area contributed by atoms with Gasteiger partial charge in [0.15, 0.2) is 0 Å². The maximum atomic E-state index is 12.1. The fourth-order valence-electron chi connectivity index (χ4n) is 3.45. The summed E-state index contributed by atoms with van der Waals surface area (Å²) in [6.07, 6.45) is 1.34. The van der Waals surface area contributed by atoms with Crippen LogP contribution in [0.3, 0.4) is 0 Å². The topological polar surface area (TPSA) is 90.4 Å². The molecule has 5 nitrogen and oxygen atoms in total. The van der Waals surface area contributed by atoms with E-state index in [-0.39, 0.29) is 21.9 Å². The average Bonchev–Trinajstić information content (AvgIpc) is 3.04. The van der Waals surface area contributed by atoms with Crippen LogP contribution in [-0.2, 0) is 4.79 Å². The van der Waals surface area contributed by atoms with Gasteiger partial charge in [0.05, 0.1) is 10.6 Å². The van der Waals surface area contributed by atoms with Crippen molar-refractivity contribution in [1.82, 2.24) is 4.98 Å². The maximum absolute atomic E-state index is 12.1. The van der Waals surface area contributed by atoms with Crippen LogP contribution in [0.15, 0.2) is 54.6 Å². The summed E-state index contributed by atoms with van der Waals surface area (Å²) < 4.78 is 0. The zero-order valence-corrected chi connectivity index (χ0v) is 16.3. The van der Waals surface area contributed by atoms with Gasteiger partial charge in [-0.25, -0.2) is 9.59 Å². The van der Waals surface area contributed by atoms with Crippen LogP contribution in [0.25, 0.3) is 33.3 Å². The number of carboxylic acid groups (broad SMARTS) is 2. The first kappa shape index (κ1) is 19.1. The lowest BCUT2D eigenvalue weighted by Crippen LogP contribution is -2.03. The SMILES string of the molecule is O=C(O)/C(=C/c1c(C(=O)O)[nH]c2cc(Cl)cc(Cl)c12)c1cccc2ccccc12. The number of hydrogen-bond acceptors (Lipinski definition) is 2. The number of carbonyl (C=O) groups is 2. The van der Waals surface area contributed by atoms with Gasteiger partial charge in [-0.05, 0) is 34.5 Å². The lowest BCUT2D eigenvalue weighted by atomic mass is 9.96. The van der Waals surface area contributed by atoms with Crippen LogP contribution in [0, 0.1) is 0 Å². The lowest BCUT2D eigenvalue weighted by Gasteiger charge is -2.08. The minimum Gasteiger partial charge on any atom is -0.478 e. The Hall–Kier alpha value is -3.28. The number of hydrogen-bond donors (Lipinski definition) is 3. The van der Waals surface area contributed by atoms with Crippen LogP contribution >= 0.6 is 23.2 Å². The van der Waals surface area contributed by atoms with Gasteiger partial charge in [0.25, 0.3) is 0 Å². The number of aromatic nitrogens is 1. The van der Waals surface area contributed by atoms with E-state index in [1.54, 1.807) is 18.2 Å². The van der Waals surface area contributed by atoms with Crippen LogP contribution in [-0.4, -0.2) is 27.1 Å². The molecule has 4 rings (SSSR count). The largest absolute Gasteiger partial charge is 0.478 e. The molecule has 29 heavy (non-hydrogen) atoms. The second kappa shape index (κ2) is 7.28. The minimum atomic E-state index is -1.23. The number of halogens is 2. The molecule has 0 atom stereocenters. The number of carboxylic acids is 2. The van der Waals surface area contributed by atoms with E-state index in [0.29, 0.717) is 21.5 Å². The average molecular weight is 426 g/mol. The van der Waals surface area contributed by atoms with E-state index < -0.39 is 11.9 Å². The molecule has 0 radical (unpaired) electrons. The summed E-state index contributed by atoms with van der Waals surface area (Å²) >= 11 is 12.3. The van der Waals surface area contributed by atoms with Crippen molar-refractivity contribution in [2.24, 2.45) is 0 Å². The molecule has 0 spiro atoms. The Balaban J connectivity index is 2.07. The second-order valence-electron chi connectivity index (χ2n) is 6.42. The number of benzene rings is 3. The van der Waals surface area contributed by atoms with Crippen molar-refractivity contribution < 1.29 is 19.8 Å². The Kier molecular flexibility index (Phi) is 4.78. The Morgan fingerprint density at radius 1 is 0.966 bits per heavy atom. The third-order valence-electron chi connectivity index (χ3n) is 4.67. The van der Waals surface area contributed by atoms with Crippen molar-refractivity contribution >= 4 is 68.5 Å². The molecule has 0 saturated carbocycles. The van der Waals surface area contributed by atoms with Gasteiger partial charge >= 0.3 is 11.9 Å². The summed E-state index contributed by atoms with van der Waals surface area (Å²) in [6.45, 7) is 0. The van der Waals surface area contributed by atoms with Gasteiger partial charge in [-0.3, -0.25) is 0 Å². The minimum absolute atomic E-state index is 0.0452. The number of nitrogens with one attached hydrogen (secondary N) is 1. The highest BCUT2D eigenvalue weighted by molar-refractivity contribution is 6.39. The summed E-state index contributed by atoms with van der Waals surface area (Å²) in [7, 11) is 0. The molecule has 0 aliphatic heterocycles. The number of aliphatic carboxylic acids is 1. The highest BCUT2D eigenvalue weighted by atomic mass is 35.5. The Bertz CT molecular complexity index is 1330. The number of aromatic carboxylic acids is 1. The molecule has 0 unspecified atom stereocenters. The normalized spacial score (nSPS) is 11.9. The van der Waals surface area contributed by atoms with Crippen molar-refractivity contribution in [2.45, 2.75) is 0 Å². The maximum Gasteiger partial charge on any atom is 0.352 e. The van der Waals surface area contributed by atoms with Crippen molar-refractivity contribution in [3.63, 3.8) is 0 Å². The first-order chi connectivity index (χ1) is 13.9. The molecule has 1 heterocycles. The van der Waals surface area contributed by atoms with Gasteiger partial charge in [-0.2, -0.15) is 0 Å². The number of aromatic amines is 1. The zero-order valence-electron chi connectivity index (χ0n) is 14.7. The quantitative estimate of drug-likeness (QED) is 0.352. The van der Waals surface area contributed by atoms with Gasteiger partial charge in [-0.15, -0.1) is 0 Å². The summed E-state index contributed by atoms with van der Waals surface area (Å²) in [4.78, 5) is 26.7. The Morgan fingerprint density at radius 2 is 1.69 bits per heavy atom. The van der Waals surface area contributed by atoms with E-state index >= 15 is 0 Å². The predicted octanol–water partition coefficient (Wildman–Crippen LogP) is 5.95. The third kappa shape index (κ3) is 3.35. The molecule has 3 N–H and O–H groups in total. The molecule has 3 aromatic carbocycles. The zero-order chi connectivity index (χ0) is 20.7. The summed E-state index contributed by atoms with van der Waals surface area (Å²) in [5.41, 5.74) is 0.860. The smallest absolute Gasteiger partial charge is 0.352 e. The molecule has 0 amide bonds. The molecule has 0 fully saturated rings. The monoisotopic (exact) mass is 425 g/mol. The van der Waals surface area contributed by atoms with Crippen LogP contribution < -0.4 is 0 Å². The van der Waals surface area contributed by atoms with E-state index in [9.17, 15) is 19.8 Å². The van der Waals surface area contributed by atoms with E-state index in [1.165, 1.54) is 12.1 Å². The number of fused-ring (bicyclic) bond motifs is 2. The first-order valence-electron chi connectivity index (χ1n) is 8.54. The fraction of sp³-hybridized carbons (Fsp3) is 0. The van der Waals surface area contributed by atoms with E-state index in [1.807, 2.05) is 30.3 Å². The molecule has 0 aliphatic rings. The molecule has 0 saturated heterocycles. The molecule has 144 valence electrons. The molecule has 1 aromatic heterocycles. The summed E-state index contributed by atoms with van der Waals surface area (Å²) in [5, 5.41) is 22.1.